The Bertz CT molecular complexity index is 614. The Morgan fingerprint density at radius 2 is 2.21 bits per heavy atom. The van der Waals surface area contributed by atoms with E-state index in [1.54, 1.807) is 13.1 Å². The van der Waals surface area contributed by atoms with Crippen molar-refractivity contribution in [1.82, 2.24) is 9.97 Å². The van der Waals surface area contributed by atoms with Crippen molar-refractivity contribution in [2.75, 3.05) is 5.32 Å². The van der Waals surface area contributed by atoms with Crippen LogP contribution in [0, 0.1) is 17.0 Å². The van der Waals surface area contributed by atoms with Crippen LogP contribution in [0.15, 0.2) is 22.9 Å². The van der Waals surface area contributed by atoms with E-state index in [2.05, 4.69) is 15.3 Å². The second-order valence-corrected chi connectivity index (χ2v) is 4.36. The van der Waals surface area contributed by atoms with Gasteiger partial charge >= 0.3 is 0 Å². The van der Waals surface area contributed by atoms with E-state index >= 15 is 0 Å². The number of aryl methyl sites for hydroxylation is 1. The first-order valence-electron chi connectivity index (χ1n) is 5.46. The van der Waals surface area contributed by atoms with Crippen LogP contribution in [0.4, 0.5) is 11.5 Å². The molecule has 100 valence electrons. The Balaban J connectivity index is 2.17. The maximum atomic E-state index is 10.6. The quantitative estimate of drug-likeness (QED) is 0.684. The number of oxazole rings is 1. The number of rotatable bonds is 4. The van der Waals surface area contributed by atoms with Gasteiger partial charge in [0.2, 0.25) is 5.89 Å². The summed E-state index contributed by atoms with van der Waals surface area (Å²) < 4.78 is 5.37. The molecule has 1 N–H and O–H groups in total. The Morgan fingerprint density at radius 3 is 2.74 bits per heavy atom. The summed E-state index contributed by atoms with van der Waals surface area (Å²) in [4.78, 5) is 18.0. The molecule has 0 radical (unpaired) electrons. The molecule has 2 aromatic heterocycles. The summed E-state index contributed by atoms with van der Waals surface area (Å²) >= 11 is 5.93. The van der Waals surface area contributed by atoms with Gasteiger partial charge in [-0.25, -0.2) is 9.97 Å². The number of halogens is 1. The van der Waals surface area contributed by atoms with Gasteiger partial charge in [0.05, 0.1) is 16.1 Å². The maximum absolute atomic E-state index is 10.6. The predicted molar refractivity (Wildman–Crippen MR) is 69.2 cm³/mol. The number of nitrogens with one attached hydrogen (secondary N) is 1. The molecule has 19 heavy (non-hydrogen) atoms. The summed E-state index contributed by atoms with van der Waals surface area (Å²) in [5.41, 5.74) is -0.157. The molecule has 0 saturated heterocycles. The second-order valence-electron chi connectivity index (χ2n) is 3.96. The molecule has 2 aromatic rings. The summed E-state index contributed by atoms with van der Waals surface area (Å²) in [5, 5.41) is 13.7. The minimum atomic E-state index is -0.552. The first-order chi connectivity index (χ1) is 8.97. The topological polar surface area (TPSA) is 94.1 Å². The van der Waals surface area contributed by atoms with Crippen LogP contribution in [-0.4, -0.2) is 14.9 Å². The van der Waals surface area contributed by atoms with Crippen molar-refractivity contribution in [1.29, 1.82) is 0 Å². The molecular weight excluding hydrogens is 272 g/mol. The van der Waals surface area contributed by atoms with Gasteiger partial charge in [0.1, 0.15) is 23.8 Å². The number of aromatic nitrogens is 2. The first-order valence-corrected chi connectivity index (χ1v) is 5.84. The highest BCUT2D eigenvalue weighted by atomic mass is 35.5. The molecule has 0 aliphatic carbocycles. The van der Waals surface area contributed by atoms with E-state index in [0.29, 0.717) is 17.5 Å². The average Bonchev–Trinajstić information content (AvgIpc) is 2.78. The molecular formula is C11H11ClN4O3. The lowest BCUT2D eigenvalue weighted by atomic mass is 10.3. The fourth-order valence-electron chi connectivity index (χ4n) is 1.47. The summed E-state index contributed by atoms with van der Waals surface area (Å²) in [6.45, 7) is 3.62. The predicted octanol–water partition coefficient (Wildman–Crippen LogP) is 3.11. The molecule has 8 heteroatoms. The van der Waals surface area contributed by atoms with E-state index in [9.17, 15) is 10.1 Å². The number of hydrogen-bond donors (Lipinski definition) is 1. The number of nitrogens with zero attached hydrogens (tertiary/aromatic N) is 3. The Hall–Kier alpha value is -2.15. The van der Waals surface area contributed by atoms with E-state index < -0.39 is 4.92 Å². The van der Waals surface area contributed by atoms with Crippen LogP contribution >= 0.6 is 11.6 Å². The highest BCUT2D eigenvalue weighted by molar-refractivity contribution is 6.33. The van der Waals surface area contributed by atoms with Gasteiger partial charge in [-0.15, -0.1) is 0 Å². The zero-order valence-electron chi connectivity index (χ0n) is 10.3. The Morgan fingerprint density at radius 1 is 1.47 bits per heavy atom. The van der Waals surface area contributed by atoms with E-state index in [4.69, 9.17) is 16.0 Å². The molecule has 1 unspecified atom stereocenters. The fourth-order valence-corrected chi connectivity index (χ4v) is 1.69. The zero-order valence-corrected chi connectivity index (χ0v) is 11.0. The van der Waals surface area contributed by atoms with Gasteiger partial charge in [-0.05, 0) is 13.8 Å². The second kappa shape index (κ2) is 5.23. The standard InChI is InChI=1S/C11H11ClN4O3/c1-6-4-14-11(19-6)7(2)15-10-9(12)3-8(5-13-10)16(17)18/h3-5,7H,1-2H3,(H,13,15). The van der Waals surface area contributed by atoms with Gasteiger partial charge in [-0.2, -0.15) is 0 Å². The molecule has 0 saturated carbocycles. The normalized spacial score (nSPS) is 12.2. The van der Waals surface area contributed by atoms with Gasteiger partial charge < -0.3 is 9.73 Å². The van der Waals surface area contributed by atoms with Crippen LogP contribution in [0.5, 0.6) is 0 Å². The Kier molecular flexibility index (Phi) is 3.66. The van der Waals surface area contributed by atoms with Crippen molar-refractivity contribution in [3.8, 4) is 0 Å². The largest absolute Gasteiger partial charge is 0.444 e. The lowest BCUT2D eigenvalue weighted by Gasteiger charge is -2.11. The summed E-state index contributed by atoms with van der Waals surface area (Å²) in [6, 6.07) is 0.991. The monoisotopic (exact) mass is 282 g/mol. The van der Waals surface area contributed by atoms with Crippen LogP contribution in [0.25, 0.3) is 0 Å². The minimum absolute atomic E-state index is 0.157. The van der Waals surface area contributed by atoms with Crippen LogP contribution < -0.4 is 5.32 Å². The van der Waals surface area contributed by atoms with Crippen molar-refractivity contribution in [2.24, 2.45) is 0 Å². The third kappa shape index (κ3) is 3.00. The van der Waals surface area contributed by atoms with Crippen molar-refractivity contribution in [2.45, 2.75) is 19.9 Å². The molecule has 2 heterocycles. The lowest BCUT2D eigenvalue weighted by Crippen LogP contribution is -2.08. The van der Waals surface area contributed by atoms with Gasteiger partial charge in [0, 0.05) is 6.07 Å². The zero-order chi connectivity index (χ0) is 14.0. The van der Waals surface area contributed by atoms with Gasteiger partial charge in [0.25, 0.3) is 5.69 Å². The summed E-state index contributed by atoms with van der Waals surface area (Å²) in [7, 11) is 0. The minimum Gasteiger partial charge on any atom is -0.444 e. The lowest BCUT2D eigenvalue weighted by molar-refractivity contribution is -0.385. The highest BCUT2D eigenvalue weighted by Gasteiger charge is 2.16. The van der Waals surface area contributed by atoms with E-state index in [-0.39, 0.29) is 16.8 Å². The molecule has 0 fully saturated rings. The molecule has 0 aliphatic heterocycles. The van der Waals surface area contributed by atoms with Gasteiger partial charge in [-0.3, -0.25) is 10.1 Å². The van der Waals surface area contributed by atoms with E-state index in [0.717, 1.165) is 6.20 Å². The molecule has 0 aromatic carbocycles. The van der Waals surface area contributed by atoms with Crippen molar-refractivity contribution in [3.05, 3.63) is 45.2 Å². The summed E-state index contributed by atoms with van der Waals surface area (Å²) in [6.07, 6.45) is 2.75. The maximum Gasteiger partial charge on any atom is 0.289 e. The molecule has 2 rings (SSSR count). The Labute approximate surface area is 113 Å². The van der Waals surface area contributed by atoms with Crippen molar-refractivity contribution in [3.63, 3.8) is 0 Å². The van der Waals surface area contributed by atoms with Crippen LogP contribution in [0.1, 0.15) is 24.6 Å². The van der Waals surface area contributed by atoms with Crippen molar-refractivity contribution >= 4 is 23.1 Å². The summed E-state index contributed by atoms with van der Waals surface area (Å²) in [5.74, 6) is 1.54. The number of anilines is 1. The van der Waals surface area contributed by atoms with E-state index in [1.807, 2.05) is 6.92 Å². The molecule has 7 nitrogen and oxygen atoms in total. The van der Waals surface area contributed by atoms with Crippen LogP contribution in [0.2, 0.25) is 5.02 Å². The van der Waals surface area contributed by atoms with Gasteiger partial charge in [0.15, 0.2) is 0 Å². The molecule has 0 amide bonds. The fraction of sp³-hybridized carbons (Fsp3) is 0.273. The molecule has 1 atom stereocenters. The van der Waals surface area contributed by atoms with Gasteiger partial charge in [-0.1, -0.05) is 11.6 Å². The van der Waals surface area contributed by atoms with Crippen LogP contribution in [0.3, 0.4) is 0 Å². The first kappa shape index (κ1) is 13.3. The van der Waals surface area contributed by atoms with E-state index in [1.165, 1.54) is 6.07 Å². The smallest absolute Gasteiger partial charge is 0.289 e. The molecule has 0 aliphatic rings. The third-order valence-corrected chi connectivity index (χ3v) is 2.69. The third-order valence-electron chi connectivity index (χ3n) is 2.40. The number of hydrogen-bond acceptors (Lipinski definition) is 6. The molecule has 0 bridgehead atoms. The SMILES string of the molecule is Cc1cnc(C(C)Nc2ncc([N+](=O)[O-])cc2Cl)o1. The number of pyridine rings is 1. The number of nitro groups is 1. The average molecular weight is 283 g/mol. The van der Waals surface area contributed by atoms with Crippen LogP contribution in [-0.2, 0) is 0 Å². The molecule has 0 spiro atoms. The highest BCUT2D eigenvalue weighted by Crippen LogP contribution is 2.27. The van der Waals surface area contributed by atoms with Crippen molar-refractivity contribution < 1.29 is 9.34 Å².